The number of aliphatic carboxylic acids is 1. The maximum atomic E-state index is 12.6. The van der Waals surface area contributed by atoms with Gasteiger partial charge in [-0.05, 0) is 38.5 Å². The topological polar surface area (TPSA) is 175 Å². The Hall–Kier alpha value is -1.78. The normalized spacial score (nSPS) is 13.9. The van der Waals surface area contributed by atoms with Crippen molar-refractivity contribution in [2.75, 3.05) is 19.8 Å². The molecule has 0 aliphatic rings. The van der Waals surface area contributed by atoms with Gasteiger partial charge >= 0.3 is 19.8 Å². The standard InChI is InChI=1S/C42H80NO10P/c1-3-5-7-9-11-13-15-17-19-21-23-25-27-29-31-33-40(44)50-35-38(36-51-54(48,49)52-37-39(43)42(46)47)53-41(45)34-32-30-28-26-24-22-20-18-16-14-12-10-8-6-4-2/h18,20,38-39H,3-17,19,21-37,43H2,1-2H3,(H,46,47)(H,48,49)/p-1/t38-,39+/m1/s1. The first-order valence-electron chi connectivity index (χ1n) is 21.7. The molecule has 0 aromatic heterocycles. The Morgan fingerprint density at radius 2 is 0.944 bits per heavy atom. The van der Waals surface area contributed by atoms with Crippen LogP contribution in [0.1, 0.15) is 206 Å². The third-order valence-electron chi connectivity index (χ3n) is 9.50. The molecule has 1 unspecified atom stereocenters. The number of phosphoric acid groups is 1. The summed E-state index contributed by atoms with van der Waals surface area (Å²) >= 11 is 0. The fraction of sp³-hybridized carbons (Fsp3) is 0.881. The average Bonchev–Trinajstić information content (AvgIpc) is 3.14. The lowest BCUT2D eigenvalue weighted by Gasteiger charge is -2.21. The lowest BCUT2D eigenvalue weighted by Crippen LogP contribution is -2.44. The smallest absolute Gasteiger partial charge is 0.472 e. The largest absolute Gasteiger partial charge is 0.548 e. The molecule has 3 atom stereocenters. The molecule has 3 N–H and O–H groups in total. The molecule has 318 valence electrons. The number of ether oxygens (including phenoxy) is 2. The minimum atomic E-state index is -4.74. The van der Waals surface area contributed by atoms with Gasteiger partial charge in [-0.15, -0.1) is 0 Å². The molecule has 0 aliphatic carbocycles. The lowest BCUT2D eigenvalue weighted by molar-refractivity contribution is -0.308. The number of hydrogen-bond donors (Lipinski definition) is 2. The molecule has 0 heterocycles. The van der Waals surface area contributed by atoms with Gasteiger partial charge in [0, 0.05) is 12.8 Å². The minimum absolute atomic E-state index is 0.148. The number of unbranched alkanes of at least 4 members (excludes halogenated alkanes) is 25. The van der Waals surface area contributed by atoms with E-state index < -0.39 is 51.1 Å². The van der Waals surface area contributed by atoms with Crippen LogP contribution in [0.2, 0.25) is 0 Å². The molecule has 0 aromatic rings. The fourth-order valence-corrected chi connectivity index (χ4v) is 6.84. The highest BCUT2D eigenvalue weighted by atomic mass is 31.2. The molecule has 0 saturated carbocycles. The van der Waals surface area contributed by atoms with Gasteiger partial charge in [-0.25, -0.2) is 4.57 Å². The van der Waals surface area contributed by atoms with Gasteiger partial charge in [0.2, 0.25) is 0 Å². The number of carboxylic acid groups (broad SMARTS) is 1. The monoisotopic (exact) mass is 789 g/mol. The number of phosphoric ester groups is 1. The van der Waals surface area contributed by atoms with Gasteiger partial charge in [0.05, 0.1) is 25.2 Å². The van der Waals surface area contributed by atoms with Crippen molar-refractivity contribution in [1.29, 1.82) is 0 Å². The molecule has 0 aromatic carbocycles. The SMILES string of the molecule is CCCCCCCCC=CCCCCCCCC(=O)O[C@H](COC(=O)CCCCCCCCCCCCCCCCC)COP(=O)(O)OC[C@H](N)C(=O)[O-]. The summed E-state index contributed by atoms with van der Waals surface area (Å²) in [5.41, 5.74) is 5.27. The van der Waals surface area contributed by atoms with Gasteiger partial charge in [0.1, 0.15) is 6.61 Å². The van der Waals surface area contributed by atoms with E-state index in [4.69, 9.17) is 19.7 Å². The Morgan fingerprint density at radius 1 is 0.574 bits per heavy atom. The van der Waals surface area contributed by atoms with Crippen LogP contribution in [-0.2, 0) is 37.5 Å². The second kappa shape index (κ2) is 38.1. The van der Waals surface area contributed by atoms with Crippen LogP contribution in [0.15, 0.2) is 12.2 Å². The van der Waals surface area contributed by atoms with Crippen molar-refractivity contribution in [3.8, 4) is 0 Å². The number of allylic oxidation sites excluding steroid dienone is 2. The summed E-state index contributed by atoms with van der Waals surface area (Å²) in [5, 5.41) is 10.8. The zero-order valence-electron chi connectivity index (χ0n) is 34.3. The van der Waals surface area contributed by atoms with Crippen LogP contribution in [0.3, 0.4) is 0 Å². The molecule has 54 heavy (non-hydrogen) atoms. The summed E-state index contributed by atoms with van der Waals surface area (Å²) in [4.78, 5) is 45.8. The molecule has 0 saturated heterocycles. The first-order chi connectivity index (χ1) is 26.1. The van der Waals surface area contributed by atoms with Crippen LogP contribution in [0.25, 0.3) is 0 Å². The van der Waals surface area contributed by atoms with Gasteiger partial charge in [0.15, 0.2) is 6.10 Å². The number of carbonyl (C=O) groups is 3. The van der Waals surface area contributed by atoms with Crippen molar-refractivity contribution in [3.63, 3.8) is 0 Å². The highest BCUT2D eigenvalue weighted by Gasteiger charge is 2.27. The van der Waals surface area contributed by atoms with E-state index in [2.05, 4.69) is 30.5 Å². The Balaban J connectivity index is 4.35. The number of carbonyl (C=O) groups excluding carboxylic acids is 3. The second-order valence-corrected chi connectivity index (χ2v) is 16.3. The first kappa shape index (κ1) is 52.2. The van der Waals surface area contributed by atoms with Crippen LogP contribution in [0.4, 0.5) is 0 Å². The first-order valence-corrected chi connectivity index (χ1v) is 23.2. The molecular formula is C42H79NO10P-. The third kappa shape index (κ3) is 37.2. The minimum Gasteiger partial charge on any atom is -0.548 e. The average molecular weight is 789 g/mol. The predicted molar refractivity (Wildman–Crippen MR) is 215 cm³/mol. The van der Waals surface area contributed by atoms with E-state index in [0.29, 0.717) is 12.8 Å². The molecule has 0 fully saturated rings. The van der Waals surface area contributed by atoms with Gasteiger partial charge in [-0.1, -0.05) is 167 Å². The van der Waals surface area contributed by atoms with Gasteiger partial charge in [-0.2, -0.15) is 0 Å². The molecule has 0 spiro atoms. The van der Waals surface area contributed by atoms with Crippen molar-refractivity contribution in [2.24, 2.45) is 5.73 Å². The Labute approximate surface area is 328 Å². The van der Waals surface area contributed by atoms with Crippen LogP contribution in [0.5, 0.6) is 0 Å². The van der Waals surface area contributed by atoms with E-state index in [0.717, 1.165) is 57.8 Å². The summed E-state index contributed by atoms with van der Waals surface area (Å²) in [6.07, 6.45) is 36.9. The molecule has 0 rings (SSSR count). The van der Waals surface area contributed by atoms with E-state index in [1.807, 2.05) is 0 Å². The second-order valence-electron chi connectivity index (χ2n) is 14.8. The van der Waals surface area contributed by atoms with Crippen LogP contribution in [0, 0.1) is 0 Å². The molecule has 11 nitrogen and oxygen atoms in total. The molecule has 0 aliphatic heterocycles. The van der Waals surface area contributed by atoms with Crippen molar-refractivity contribution in [1.82, 2.24) is 0 Å². The van der Waals surface area contributed by atoms with E-state index in [-0.39, 0.29) is 19.4 Å². The van der Waals surface area contributed by atoms with Crippen molar-refractivity contribution in [2.45, 2.75) is 219 Å². The van der Waals surface area contributed by atoms with Crippen molar-refractivity contribution in [3.05, 3.63) is 12.2 Å². The quantitative estimate of drug-likeness (QED) is 0.0261. The van der Waals surface area contributed by atoms with E-state index >= 15 is 0 Å². The van der Waals surface area contributed by atoms with Crippen LogP contribution >= 0.6 is 7.82 Å². The third-order valence-corrected chi connectivity index (χ3v) is 10.4. The molecule has 12 heteroatoms. The number of hydrogen-bond acceptors (Lipinski definition) is 10. The molecule has 0 bridgehead atoms. The Bertz CT molecular complexity index is 979. The number of rotatable bonds is 41. The maximum Gasteiger partial charge on any atom is 0.472 e. The molecule has 0 radical (unpaired) electrons. The van der Waals surface area contributed by atoms with E-state index in [9.17, 15) is 28.9 Å². The predicted octanol–water partition coefficient (Wildman–Crippen LogP) is 9.95. The zero-order chi connectivity index (χ0) is 40.0. The number of esters is 2. The highest BCUT2D eigenvalue weighted by Crippen LogP contribution is 2.43. The van der Waals surface area contributed by atoms with E-state index in [1.54, 1.807) is 0 Å². The number of carboxylic acids is 1. The zero-order valence-corrected chi connectivity index (χ0v) is 35.2. The van der Waals surface area contributed by atoms with Crippen molar-refractivity contribution >= 4 is 25.7 Å². The van der Waals surface area contributed by atoms with Crippen molar-refractivity contribution < 1.29 is 47.5 Å². The van der Waals surface area contributed by atoms with Gasteiger partial charge in [-0.3, -0.25) is 18.6 Å². The molecule has 0 amide bonds. The summed E-state index contributed by atoms with van der Waals surface area (Å²) in [6, 6.07) is -1.63. The fourth-order valence-electron chi connectivity index (χ4n) is 6.06. The molecular weight excluding hydrogens is 709 g/mol. The van der Waals surface area contributed by atoms with Crippen LogP contribution < -0.4 is 10.8 Å². The maximum absolute atomic E-state index is 12.6. The van der Waals surface area contributed by atoms with E-state index in [1.165, 1.54) is 109 Å². The summed E-state index contributed by atoms with van der Waals surface area (Å²) in [6.45, 7) is 2.72. The van der Waals surface area contributed by atoms with Gasteiger partial charge in [0.25, 0.3) is 0 Å². The lowest BCUT2D eigenvalue weighted by atomic mass is 10.0. The summed E-state index contributed by atoms with van der Waals surface area (Å²) in [7, 11) is -4.74. The summed E-state index contributed by atoms with van der Waals surface area (Å²) in [5.74, 6) is -2.64. The Morgan fingerprint density at radius 3 is 1.37 bits per heavy atom. The highest BCUT2D eigenvalue weighted by molar-refractivity contribution is 7.47. The van der Waals surface area contributed by atoms with Gasteiger partial charge < -0.3 is 30.0 Å². The Kier molecular flexibility index (Phi) is 36.9. The van der Waals surface area contributed by atoms with Crippen LogP contribution in [-0.4, -0.2) is 54.8 Å². The number of nitrogens with two attached hydrogens (primary N) is 1. The summed E-state index contributed by atoms with van der Waals surface area (Å²) < 4.78 is 32.6.